The minimum atomic E-state index is 0.333. The van der Waals surface area contributed by atoms with Gasteiger partial charge in [-0.05, 0) is 25.5 Å². The van der Waals surface area contributed by atoms with E-state index in [1.165, 1.54) is 0 Å². The number of para-hydroxylation sites is 1. The molecule has 20 heavy (non-hydrogen) atoms. The number of benzene rings is 1. The average molecular weight is 294 g/mol. The molecule has 1 aliphatic rings. The van der Waals surface area contributed by atoms with Crippen LogP contribution in [0.3, 0.4) is 0 Å². The molecule has 0 bridgehead atoms. The second kappa shape index (κ2) is 7.57. The Kier molecular flexibility index (Phi) is 5.76. The molecule has 0 radical (unpaired) electrons. The fourth-order valence-electron chi connectivity index (χ4n) is 2.36. The van der Waals surface area contributed by atoms with Gasteiger partial charge in [-0.1, -0.05) is 24.4 Å². The Balaban J connectivity index is 1.74. The van der Waals surface area contributed by atoms with E-state index in [-0.39, 0.29) is 0 Å². The summed E-state index contributed by atoms with van der Waals surface area (Å²) in [4.78, 5) is 2.79. The molecule has 1 fully saturated rings. The van der Waals surface area contributed by atoms with Crippen LogP contribution in [-0.4, -0.2) is 48.8 Å². The summed E-state index contributed by atoms with van der Waals surface area (Å²) in [7, 11) is 0. The number of hydrogen-bond acceptors (Lipinski definition) is 4. The van der Waals surface area contributed by atoms with Gasteiger partial charge < -0.3 is 15.2 Å². The van der Waals surface area contributed by atoms with Crippen LogP contribution in [0.4, 0.5) is 0 Å². The van der Waals surface area contributed by atoms with Crippen LogP contribution in [0.1, 0.15) is 18.9 Å². The Bertz CT molecular complexity index is 453. The van der Waals surface area contributed by atoms with Crippen LogP contribution in [-0.2, 0) is 4.74 Å². The van der Waals surface area contributed by atoms with Crippen molar-refractivity contribution in [2.24, 2.45) is 5.73 Å². The predicted octanol–water partition coefficient (Wildman–Crippen LogP) is 1.81. The van der Waals surface area contributed by atoms with E-state index < -0.39 is 0 Å². The second-order valence-electron chi connectivity index (χ2n) is 5.04. The highest BCUT2D eigenvalue weighted by atomic mass is 32.1. The maximum Gasteiger partial charge on any atom is 0.129 e. The highest BCUT2D eigenvalue weighted by Gasteiger charge is 2.15. The third-order valence-corrected chi connectivity index (χ3v) is 3.57. The van der Waals surface area contributed by atoms with Gasteiger partial charge in [0, 0.05) is 19.6 Å². The van der Waals surface area contributed by atoms with E-state index in [4.69, 9.17) is 27.4 Å². The SMILES string of the molecule is CC1CN(CCCOc2ccccc2C(N)=S)CCO1. The summed E-state index contributed by atoms with van der Waals surface area (Å²) in [6.07, 6.45) is 1.32. The van der Waals surface area contributed by atoms with Crippen molar-refractivity contribution in [1.82, 2.24) is 4.90 Å². The molecule has 1 saturated heterocycles. The maximum atomic E-state index is 5.79. The largest absolute Gasteiger partial charge is 0.493 e. The van der Waals surface area contributed by atoms with Gasteiger partial charge in [0.05, 0.1) is 24.9 Å². The normalized spacial score (nSPS) is 19.8. The Morgan fingerprint density at radius 1 is 1.50 bits per heavy atom. The summed E-state index contributed by atoms with van der Waals surface area (Å²) in [5.41, 5.74) is 6.49. The van der Waals surface area contributed by atoms with Gasteiger partial charge in [0.1, 0.15) is 10.7 Å². The van der Waals surface area contributed by atoms with Crippen LogP contribution >= 0.6 is 12.2 Å². The number of hydrogen-bond donors (Lipinski definition) is 1. The molecule has 0 spiro atoms. The molecule has 1 aliphatic heterocycles. The van der Waals surface area contributed by atoms with Gasteiger partial charge in [0.25, 0.3) is 0 Å². The molecule has 1 aromatic carbocycles. The van der Waals surface area contributed by atoms with Gasteiger partial charge in [-0.2, -0.15) is 0 Å². The first-order valence-corrected chi connectivity index (χ1v) is 7.43. The number of thiocarbonyl (C=S) groups is 1. The molecule has 4 nitrogen and oxygen atoms in total. The molecule has 110 valence electrons. The van der Waals surface area contributed by atoms with E-state index in [1.807, 2.05) is 24.3 Å². The Morgan fingerprint density at radius 2 is 2.30 bits per heavy atom. The topological polar surface area (TPSA) is 47.7 Å². The average Bonchev–Trinajstić information content (AvgIpc) is 2.44. The fourth-order valence-corrected chi connectivity index (χ4v) is 2.53. The van der Waals surface area contributed by atoms with Crippen molar-refractivity contribution >= 4 is 17.2 Å². The lowest BCUT2D eigenvalue weighted by Gasteiger charge is -2.30. The number of nitrogens with two attached hydrogens (primary N) is 1. The van der Waals surface area contributed by atoms with E-state index in [2.05, 4.69) is 11.8 Å². The smallest absolute Gasteiger partial charge is 0.129 e. The van der Waals surface area contributed by atoms with Crippen LogP contribution in [0.15, 0.2) is 24.3 Å². The van der Waals surface area contributed by atoms with Gasteiger partial charge in [-0.25, -0.2) is 0 Å². The van der Waals surface area contributed by atoms with E-state index >= 15 is 0 Å². The lowest BCUT2D eigenvalue weighted by Crippen LogP contribution is -2.41. The zero-order valence-corrected chi connectivity index (χ0v) is 12.7. The highest BCUT2D eigenvalue weighted by molar-refractivity contribution is 7.80. The van der Waals surface area contributed by atoms with Crippen LogP contribution in [0, 0.1) is 0 Å². The van der Waals surface area contributed by atoms with Crippen LogP contribution in [0.25, 0.3) is 0 Å². The summed E-state index contributed by atoms with van der Waals surface area (Å²) in [6.45, 7) is 6.65. The van der Waals surface area contributed by atoms with Crippen molar-refractivity contribution < 1.29 is 9.47 Å². The minimum Gasteiger partial charge on any atom is -0.493 e. The van der Waals surface area contributed by atoms with E-state index in [0.29, 0.717) is 17.7 Å². The van der Waals surface area contributed by atoms with Gasteiger partial charge >= 0.3 is 0 Å². The monoisotopic (exact) mass is 294 g/mol. The van der Waals surface area contributed by atoms with Crippen LogP contribution in [0.5, 0.6) is 5.75 Å². The highest BCUT2D eigenvalue weighted by Crippen LogP contribution is 2.17. The molecule has 5 heteroatoms. The van der Waals surface area contributed by atoms with Gasteiger partial charge in [-0.15, -0.1) is 0 Å². The molecule has 1 heterocycles. The molecule has 0 aromatic heterocycles. The zero-order chi connectivity index (χ0) is 14.4. The minimum absolute atomic E-state index is 0.333. The van der Waals surface area contributed by atoms with Crippen molar-refractivity contribution in [3.63, 3.8) is 0 Å². The van der Waals surface area contributed by atoms with Gasteiger partial charge in [0.2, 0.25) is 0 Å². The Morgan fingerprint density at radius 3 is 3.05 bits per heavy atom. The summed E-state index contributed by atoms with van der Waals surface area (Å²) in [5, 5.41) is 0. The van der Waals surface area contributed by atoms with Crippen LogP contribution < -0.4 is 10.5 Å². The molecular weight excluding hydrogens is 272 g/mol. The summed E-state index contributed by atoms with van der Waals surface area (Å²) < 4.78 is 11.3. The van der Waals surface area contributed by atoms with Gasteiger partial charge in [-0.3, -0.25) is 4.90 Å². The first-order chi connectivity index (χ1) is 9.66. The summed E-state index contributed by atoms with van der Waals surface area (Å²) >= 11 is 5.02. The van der Waals surface area contributed by atoms with Crippen LogP contribution in [0.2, 0.25) is 0 Å². The third kappa shape index (κ3) is 4.44. The lowest BCUT2D eigenvalue weighted by molar-refractivity contribution is -0.0193. The molecule has 0 amide bonds. The summed E-state index contributed by atoms with van der Waals surface area (Å²) in [6, 6.07) is 7.64. The van der Waals surface area contributed by atoms with E-state index in [0.717, 1.165) is 44.0 Å². The molecule has 1 unspecified atom stereocenters. The molecule has 1 aromatic rings. The number of ether oxygens (including phenoxy) is 2. The van der Waals surface area contributed by atoms with Crippen molar-refractivity contribution in [2.75, 3.05) is 32.8 Å². The van der Waals surface area contributed by atoms with E-state index in [1.54, 1.807) is 0 Å². The van der Waals surface area contributed by atoms with Crippen molar-refractivity contribution in [1.29, 1.82) is 0 Å². The Labute approximate surface area is 125 Å². The second-order valence-corrected chi connectivity index (χ2v) is 5.48. The number of morpholine rings is 1. The lowest BCUT2D eigenvalue weighted by atomic mass is 10.2. The van der Waals surface area contributed by atoms with E-state index in [9.17, 15) is 0 Å². The molecular formula is C15H22N2O2S. The van der Waals surface area contributed by atoms with Crippen molar-refractivity contribution in [3.05, 3.63) is 29.8 Å². The first-order valence-electron chi connectivity index (χ1n) is 7.02. The standard InChI is InChI=1S/C15H22N2O2S/c1-12-11-17(8-10-18-12)7-4-9-19-14-6-3-2-5-13(14)15(16)20/h2-3,5-6,12H,4,7-11H2,1H3,(H2,16,20). The molecule has 1 atom stereocenters. The molecule has 0 aliphatic carbocycles. The number of rotatable bonds is 6. The first kappa shape index (κ1) is 15.2. The van der Waals surface area contributed by atoms with Crippen molar-refractivity contribution in [2.45, 2.75) is 19.4 Å². The Hall–Kier alpha value is -1.17. The maximum absolute atomic E-state index is 5.79. The van der Waals surface area contributed by atoms with Gasteiger partial charge in [0.15, 0.2) is 0 Å². The molecule has 0 saturated carbocycles. The van der Waals surface area contributed by atoms with Crippen molar-refractivity contribution in [3.8, 4) is 5.75 Å². The quantitative estimate of drug-likeness (QED) is 0.640. The predicted molar refractivity (Wildman–Crippen MR) is 84.3 cm³/mol. The summed E-state index contributed by atoms with van der Waals surface area (Å²) in [5.74, 6) is 0.773. The molecule has 2 N–H and O–H groups in total. The third-order valence-electron chi connectivity index (χ3n) is 3.35. The zero-order valence-electron chi connectivity index (χ0n) is 11.9. The fraction of sp³-hybridized carbons (Fsp3) is 0.533. The number of nitrogens with zero attached hydrogens (tertiary/aromatic N) is 1. The molecule has 2 rings (SSSR count).